The van der Waals surface area contributed by atoms with E-state index in [4.69, 9.17) is 14.2 Å². The standard InChI is InChI=1S/C16H14BrNO4/c17-13-6-12(7-14-15(13)22-10-21-14)8-18-16(19)20-9-11-4-2-1-3-5-11/h1-7H,8-10H2,(H,18,19). The molecule has 0 aliphatic carbocycles. The molecule has 0 saturated heterocycles. The van der Waals surface area contributed by atoms with E-state index in [-0.39, 0.29) is 13.4 Å². The summed E-state index contributed by atoms with van der Waals surface area (Å²) < 4.78 is 16.6. The predicted octanol–water partition coefficient (Wildman–Crippen LogP) is 3.60. The molecule has 22 heavy (non-hydrogen) atoms. The van der Waals surface area contributed by atoms with Crippen LogP contribution in [0.4, 0.5) is 4.79 Å². The van der Waals surface area contributed by atoms with E-state index in [0.29, 0.717) is 18.0 Å². The molecule has 0 saturated carbocycles. The van der Waals surface area contributed by atoms with Crippen LogP contribution >= 0.6 is 15.9 Å². The summed E-state index contributed by atoms with van der Waals surface area (Å²) in [7, 11) is 0. The Labute approximate surface area is 136 Å². The molecule has 6 heteroatoms. The lowest BCUT2D eigenvalue weighted by molar-refractivity contribution is 0.139. The number of fused-ring (bicyclic) bond motifs is 1. The average molecular weight is 364 g/mol. The zero-order valence-electron chi connectivity index (χ0n) is 11.7. The van der Waals surface area contributed by atoms with Gasteiger partial charge in [-0.1, -0.05) is 30.3 Å². The summed E-state index contributed by atoms with van der Waals surface area (Å²) in [5.41, 5.74) is 1.84. The van der Waals surface area contributed by atoms with Gasteiger partial charge in [-0.05, 0) is 39.2 Å². The van der Waals surface area contributed by atoms with Crippen molar-refractivity contribution >= 4 is 22.0 Å². The lowest BCUT2D eigenvalue weighted by Gasteiger charge is -2.08. The largest absolute Gasteiger partial charge is 0.454 e. The van der Waals surface area contributed by atoms with Gasteiger partial charge in [0.1, 0.15) is 6.61 Å². The van der Waals surface area contributed by atoms with Crippen molar-refractivity contribution in [3.8, 4) is 11.5 Å². The minimum Gasteiger partial charge on any atom is -0.454 e. The summed E-state index contributed by atoms with van der Waals surface area (Å²) in [5, 5.41) is 2.71. The number of nitrogens with one attached hydrogen (secondary N) is 1. The Hall–Kier alpha value is -2.21. The van der Waals surface area contributed by atoms with Gasteiger partial charge in [0, 0.05) is 6.54 Å². The quantitative estimate of drug-likeness (QED) is 0.901. The summed E-state index contributed by atoms with van der Waals surface area (Å²) in [4.78, 5) is 11.7. The van der Waals surface area contributed by atoms with Crippen LogP contribution in [-0.4, -0.2) is 12.9 Å². The van der Waals surface area contributed by atoms with Gasteiger partial charge in [0.2, 0.25) is 6.79 Å². The number of hydrogen-bond acceptors (Lipinski definition) is 4. The number of ether oxygens (including phenoxy) is 3. The van der Waals surface area contributed by atoms with Crippen LogP contribution in [0, 0.1) is 0 Å². The number of halogens is 1. The Morgan fingerprint density at radius 2 is 2.00 bits per heavy atom. The summed E-state index contributed by atoms with van der Waals surface area (Å²) in [6.07, 6.45) is -0.461. The van der Waals surface area contributed by atoms with Gasteiger partial charge >= 0.3 is 6.09 Å². The lowest BCUT2D eigenvalue weighted by atomic mass is 10.2. The van der Waals surface area contributed by atoms with E-state index in [1.165, 1.54) is 0 Å². The monoisotopic (exact) mass is 363 g/mol. The van der Waals surface area contributed by atoms with E-state index < -0.39 is 6.09 Å². The maximum atomic E-state index is 11.7. The minimum atomic E-state index is -0.461. The van der Waals surface area contributed by atoms with Crippen molar-refractivity contribution in [3.63, 3.8) is 0 Å². The first kappa shape index (κ1) is 14.7. The number of amides is 1. The average Bonchev–Trinajstić information content (AvgIpc) is 3.01. The van der Waals surface area contributed by atoms with Crippen LogP contribution < -0.4 is 14.8 Å². The zero-order valence-corrected chi connectivity index (χ0v) is 13.3. The molecule has 1 N–H and O–H groups in total. The molecule has 3 rings (SSSR count). The topological polar surface area (TPSA) is 56.8 Å². The van der Waals surface area contributed by atoms with Crippen molar-refractivity contribution in [3.05, 3.63) is 58.1 Å². The second-order valence-electron chi connectivity index (χ2n) is 4.73. The molecule has 1 amide bonds. The van der Waals surface area contributed by atoms with Crippen molar-refractivity contribution < 1.29 is 19.0 Å². The second kappa shape index (κ2) is 6.70. The van der Waals surface area contributed by atoms with E-state index in [1.54, 1.807) is 0 Å². The first-order valence-electron chi connectivity index (χ1n) is 6.75. The van der Waals surface area contributed by atoms with Gasteiger partial charge in [-0.2, -0.15) is 0 Å². The van der Waals surface area contributed by atoms with Gasteiger partial charge in [0.05, 0.1) is 4.47 Å². The minimum absolute atomic E-state index is 0.212. The van der Waals surface area contributed by atoms with Crippen molar-refractivity contribution in [2.75, 3.05) is 6.79 Å². The Balaban J connectivity index is 1.52. The van der Waals surface area contributed by atoms with Crippen LogP contribution in [0.2, 0.25) is 0 Å². The molecule has 0 aromatic heterocycles. The fraction of sp³-hybridized carbons (Fsp3) is 0.188. The smallest absolute Gasteiger partial charge is 0.407 e. The molecular weight excluding hydrogens is 350 g/mol. The normalized spacial score (nSPS) is 12.0. The molecule has 0 unspecified atom stereocenters. The van der Waals surface area contributed by atoms with E-state index in [0.717, 1.165) is 15.6 Å². The number of hydrogen-bond donors (Lipinski definition) is 1. The summed E-state index contributed by atoms with van der Waals surface area (Å²) >= 11 is 3.42. The molecule has 114 valence electrons. The van der Waals surface area contributed by atoms with Crippen LogP contribution in [-0.2, 0) is 17.9 Å². The highest BCUT2D eigenvalue weighted by molar-refractivity contribution is 9.10. The first-order valence-corrected chi connectivity index (χ1v) is 7.54. The van der Waals surface area contributed by atoms with Crippen LogP contribution in [0.15, 0.2) is 46.9 Å². The van der Waals surface area contributed by atoms with Crippen LogP contribution in [0.1, 0.15) is 11.1 Å². The molecule has 0 fully saturated rings. The van der Waals surface area contributed by atoms with Gasteiger partial charge in [-0.15, -0.1) is 0 Å². The lowest BCUT2D eigenvalue weighted by Crippen LogP contribution is -2.23. The maximum absolute atomic E-state index is 11.7. The SMILES string of the molecule is O=C(NCc1cc(Br)c2c(c1)OCO2)OCc1ccccc1. The third-order valence-electron chi connectivity index (χ3n) is 3.14. The van der Waals surface area contributed by atoms with E-state index in [9.17, 15) is 4.79 Å². The Morgan fingerprint density at radius 3 is 2.82 bits per heavy atom. The molecule has 0 bridgehead atoms. The molecule has 5 nitrogen and oxygen atoms in total. The van der Waals surface area contributed by atoms with Gasteiger partial charge in [-0.3, -0.25) is 0 Å². The highest BCUT2D eigenvalue weighted by atomic mass is 79.9. The third kappa shape index (κ3) is 3.51. The van der Waals surface area contributed by atoms with Crippen LogP contribution in [0.3, 0.4) is 0 Å². The maximum Gasteiger partial charge on any atom is 0.407 e. The Bertz CT molecular complexity index is 675. The van der Waals surface area contributed by atoms with E-state index in [1.807, 2.05) is 42.5 Å². The van der Waals surface area contributed by atoms with Crippen LogP contribution in [0.25, 0.3) is 0 Å². The number of carbonyl (C=O) groups is 1. The van der Waals surface area contributed by atoms with Gasteiger partial charge in [-0.25, -0.2) is 4.79 Å². The molecule has 1 heterocycles. The second-order valence-corrected chi connectivity index (χ2v) is 5.58. The summed E-state index contributed by atoms with van der Waals surface area (Å²) in [6, 6.07) is 13.3. The number of rotatable bonds is 4. The molecule has 0 spiro atoms. The highest BCUT2D eigenvalue weighted by Crippen LogP contribution is 2.39. The first-order chi connectivity index (χ1) is 10.7. The van der Waals surface area contributed by atoms with Gasteiger partial charge in [0.25, 0.3) is 0 Å². The zero-order chi connectivity index (χ0) is 15.4. The van der Waals surface area contributed by atoms with E-state index >= 15 is 0 Å². The number of carbonyl (C=O) groups excluding carboxylic acids is 1. The number of alkyl carbamates (subject to hydrolysis) is 1. The van der Waals surface area contributed by atoms with Crippen molar-refractivity contribution in [2.45, 2.75) is 13.2 Å². The molecule has 2 aromatic carbocycles. The molecule has 1 aliphatic heterocycles. The van der Waals surface area contributed by atoms with Gasteiger partial charge < -0.3 is 19.5 Å². The molecular formula is C16H14BrNO4. The van der Waals surface area contributed by atoms with Crippen LogP contribution in [0.5, 0.6) is 11.5 Å². The third-order valence-corrected chi connectivity index (χ3v) is 3.73. The fourth-order valence-corrected chi connectivity index (χ4v) is 2.68. The van der Waals surface area contributed by atoms with Gasteiger partial charge in [0.15, 0.2) is 11.5 Å². The molecule has 0 atom stereocenters. The Morgan fingerprint density at radius 1 is 1.18 bits per heavy atom. The fourth-order valence-electron chi connectivity index (χ4n) is 2.07. The predicted molar refractivity (Wildman–Crippen MR) is 83.7 cm³/mol. The van der Waals surface area contributed by atoms with E-state index in [2.05, 4.69) is 21.2 Å². The summed E-state index contributed by atoms with van der Waals surface area (Å²) in [5.74, 6) is 1.36. The molecule has 2 aromatic rings. The molecule has 1 aliphatic rings. The molecule has 0 radical (unpaired) electrons. The highest BCUT2D eigenvalue weighted by Gasteiger charge is 2.18. The van der Waals surface area contributed by atoms with Crippen molar-refractivity contribution in [2.24, 2.45) is 0 Å². The summed E-state index contributed by atoms with van der Waals surface area (Å²) in [6.45, 7) is 0.810. The van der Waals surface area contributed by atoms with Crippen molar-refractivity contribution in [1.82, 2.24) is 5.32 Å². The Kier molecular flexibility index (Phi) is 4.48. The number of benzene rings is 2. The van der Waals surface area contributed by atoms with Crippen molar-refractivity contribution in [1.29, 1.82) is 0 Å².